The normalized spacial score (nSPS) is 13.8. The van der Waals surface area contributed by atoms with Gasteiger partial charge in [-0.1, -0.05) is 19.1 Å². The van der Waals surface area contributed by atoms with Crippen LogP contribution < -0.4 is 15.5 Å². The second-order valence-electron chi connectivity index (χ2n) is 8.30. The summed E-state index contributed by atoms with van der Waals surface area (Å²) >= 11 is 0. The summed E-state index contributed by atoms with van der Waals surface area (Å²) in [5.41, 5.74) is 5.46. The molecule has 0 aliphatic carbocycles. The second kappa shape index (κ2) is 9.57. The maximum absolute atomic E-state index is 14.0. The van der Waals surface area contributed by atoms with Crippen LogP contribution in [0.2, 0.25) is 0 Å². The van der Waals surface area contributed by atoms with Crippen LogP contribution >= 0.6 is 0 Å². The van der Waals surface area contributed by atoms with Gasteiger partial charge in [-0.25, -0.2) is 4.39 Å². The lowest BCUT2D eigenvalue weighted by Gasteiger charge is -2.28. The van der Waals surface area contributed by atoms with Crippen LogP contribution in [0.1, 0.15) is 23.0 Å². The molecule has 1 amide bonds. The number of aromatic amines is 1. The van der Waals surface area contributed by atoms with Crippen molar-refractivity contribution >= 4 is 39.6 Å². The number of aromatic nitrogens is 1. The van der Waals surface area contributed by atoms with Gasteiger partial charge in [0.1, 0.15) is 5.82 Å². The molecule has 174 valence electrons. The smallest absolute Gasteiger partial charge is 0.255 e. The van der Waals surface area contributed by atoms with E-state index in [0.717, 1.165) is 66.4 Å². The molecule has 0 radical (unpaired) electrons. The van der Waals surface area contributed by atoms with E-state index in [1.165, 1.54) is 6.07 Å². The van der Waals surface area contributed by atoms with Crippen molar-refractivity contribution < 1.29 is 13.9 Å². The molecule has 1 saturated heterocycles. The maximum Gasteiger partial charge on any atom is 0.255 e. The number of fused-ring (bicyclic) bond motifs is 1. The van der Waals surface area contributed by atoms with E-state index in [-0.39, 0.29) is 11.7 Å². The zero-order chi connectivity index (χ0) is 23.5. The van der Waals surface area contributed by atoms with Gasteiger partial charge >= 0.3 is 0 Å². The molecule has 1 fully saturated rings. The summed E-state index contributed by atoms with van der Waals surface area (Å²) in [5.74, 6) is -0.464. The first-order valence-electron chi connectivity index (χ1n) is 11.5. The Hall–Kier alpha value is -3.84. The molecule has 1 aromatic heterocycles. The van der Waals surface area contributed by atoms with Crippen molar-refractivity contribution in [3.63, 3.8) is 0 Å². The van der Waals surface area contributed by atoms with Gasteiger partial charge in [-0.3, -0.25) is 4.79 Å². The van der Waals surface area contributed by atoms with Gasteiger partial charge in [-0.15, -0.1) is 0 Å². The third-order valence-corrected chi connectivity index (χ3v) is 6.13. The molecule has 6 nitrogen and oxygen atoms in total. The van der Waals surface area contributed by atoms with E-state index >= 15 is 0 Å². The van der Waals surface area contributed by atoms with Gasteiger partial charge in [0, 0.05) is 46.6 Å². The number of ether oxygens (including phenoxy) is 1. The number of morpholine rings is 1. The minimum absolute atomic E-state index is 0.155. The van der Waals surface area contributed by atoms with E-state index in [9.17, 15) is 9.18 Å². The third-order valence-electron chi connectivity index (χ3n) is 6.13. The summed E-state index contributed by atoms with van der Waals surface area (Å²) in [6.07, 6.45) is 0.732. The number of H-pyrrole nitrogens is 1. The van der Waals surface area contributed by atoms with Crippen molar-refractivity contribution in [1.29, 1.82) is 0 Å². The van der Waals surface area contributed by atoms with Crippen molar-refractivity contribution in [2.24, 2.45) is 0 Å². The lowest BCUT2D eigenvalue weighted by molar-refractivity contribution is 0.102. The zero-order valence-electron chi connectivity index (χ0n) is 19.0. The second-order valence-corrected chi connectivity index (χ2v) is 8.30. The highest BCUT2D eigenvalue weighted by Crippen LogP contribution is 2.32. The topological polar surface area (TPSA) is 69.4 Å². The minimum Gasteiger partial charge on any atom is -0.378 e. The first-order chi connectivity index (χ1) is 16.6. The summed E-state index contributed by atoms with van der Waals surface area (Å²) in [6, 6.07) is 20.0. The predicted molar refractivity (Wildman–Crippen MR) is 135 cm³/mol. The van der Waals surface area contributed by atoms with Crippen molar-refractivity contribution in [2.45, 2.75) is 13.3 Å². The Morgan fingerprint density at radius 2 is 1.82 bits per heavy atom. The fourth-order valence-electron chi connectivity index (χ4n) is 4.29. The number of nitrogens with zero attached hydrogens (tertiary/aromatic N) is 1. The summed E-state index contributed by atoms with van der Waals surface area (Å²) in [6.45, 7) is 5.19. The highest BCUT2D eigenvalue weighted by atomic mass is 19.1. The monoisotopic (exact) mass is 458 g/mol. The molecule has 2 heterocycles. The van der Waals surface area contributed by atoms with E-state index in [0.29, 0.717) is 11.3 Å². The SMILES string of the molecule is CCc1[nH]c2cc(Nc3ccccc3F)ccc2c1NC(=O)c1ccc(N2CCOCC2)cc1. The lowest BCUT2D eigenvalue weighted by atomic mass is 10.1. The number of rotatable bonds is 6. The number of amides is 1. The van der Waals surface area contributed by atoms with E-state index in [4.69, 9.17) is 4.74 Å². The summed E-state index contributed by atoms with van der Waals surface area (Å²) in [7, 11) is 0. The molecule has 4 aromatic rings. The number of aryl methyl sites for hydroxylation is 1. The molecule has 0 saturated carbocycles. The Labute approximate surface area is 197 Å². The summed E-state index contributed by atoms with van der Waals surface area (Å²) in [5, 5.41) is 7.12. The molecule has 1 aliphatic heterocycles. The number of anilines is 4. The molecule has 0 bridgehead atoms. The fraction of sp³-hybridized carbons (Fsp3) is 0.222. The lowest BCUT2D eigenvalue weighted by Crippen LogP contribution is -2.36. The number of para-hydroxylation sites is 1. The standard InChI is InChI=1S/C27H27FN4O2/c1-2-23-26(31-27(33)18-7-10-20(11-8-18)32-13-15-34-16-14-32)21-12-9-19(17-25(21)30-23)29-24-6-4-3-5-22(24)28/h3-12,17,29-30H,2,13-16H2,1H3,(H,31,33). The first-order valence-corrected chi connectivity index (χ1v) is 11.5. The average Bonchev–Trinajstić information content (AvgIpc) is 3.22. The molecular weight excluding hydrogens is 431 g/mol. The number of carbonyl (C=O) groups excluding carboxylic acids is 1. The molecule has 0 atom stereocenters. The average molecular weight is 459 g/mol. The fourth-order valence-corrected chi connectivity index (χ4v) is 4.29. The summed E-state index contributed by atoms with van der Waals surface area (Å²) in [4.78, 5) is 18.7. The molecule has 1 aliphatic rings. The van der Waals surface area contributed by atoms with Gasteiger partial charge in [-0.05, 0) is 61.0 Å². The molecular formula is C27H27FN4O2. The van der Waals surface area contributed by atoms with E-state index in [1.54, 1.807) is 18.2 Å². The van der Waals surface area contributed by atoms with Gasteiger partial charge in [-0.2, -0.15) is 0 Å². The number of hydrogen-bond donors (Lipinski definition) is 3. The molecule has 3 N–H and O–H groups in total. The Bertz CT molecular complexity index is 1310. The van der Waals surface area contributed by atoms with E-state index in [1.807, 2.05) is 49.4 Å². The van der Waals surface area contributed by atoms with Crippen molar-refractivity contribution in [3.8, 4) is 0 Å². The minimum atomic E-state index is -0.309. The molecule has 0 unspecified atom stereocenters. The number of benzene rings is 3. The largest absolute Gasteiger partial charge is 0.378 e. The van der Waals surface area contributed by atoms with Gasteiger partial charge in [0.2, 0.25) is 0 Å². The molecule has 5 rings (SSSR count). The van der Waals surface area contributed by atoms with Gasteiger partial charge < -0.3 is 25.3 Å². The van der Waals surface area contributed by atoms with Gasteiger partial charge in [0.15, 0.2) is 0 Å². The molecule has 0 spiro atoms. The van der Waals surface area contributed by atoms with Crippen LogP contribution in [0.3, 0.4) is 0 Å². The van der Waals surface area contributed by atoms with Crippen LogP contribution in [0.4, 0.5) is 27.1 Å². The Kier molecular flexibility index (Phi) is 6.18. The van der Waals surface area contributed by atoms with Gasteiger partial charge in [0.05, 0.1) is 24.6 Å². The van der Waals surface area contributed by atoms with E-state index in [2.05, 4.69) is 20.5 Å². The number of hydrogen-bond acceptors (Lipinski definition) is 4. The Morgan fingerprint density at radius 1 is 1.06 bits per heavy atom. The molecule has 3 aromatic carbocycles. The van der Waals surface area contributed by atoms with Crippen LogP contribution in [0.15, 0.2) is 66.7 Å². The van der Waals surface area contributed by atoms with Crippen LogP contribution in [0.25, 0.3) is 10.9 Å². The van der Waals surface area contributed by atoms with Crippen molar-refractivity contribution in [1.82, 2.24) is 4.98 Å². The molecule has 34 heavy (non-hydrogen) atoms. The Morgan fingerprint density at radius 3 is 2.56 bits per heavy atom. The van der Waals surface area contributed by atoms with Crippen LogP contribution in [0, 0.1) is 5.82 Å². The van der Waals surface area contributed by atoms with E-state index < -0.39 is 0 Å². The van der Waals surface area contributed by atoms with Crippen LogP contribution in [-0.4, -0.2) is 37.2 Å². The van der Waals surface area contributed by atoms with Crippen LogP contribution in [0.5, 0.6) is 0 Å². The number of carbonyl (C=O) groups is 1. The Balaban J connectivity index is 1.36. The highest BCUT2D eigenvalue weighted by Gasteiger charge is 2.16. The highest BCUT2D eigenvalue weighted by molar-refractivity contribution is 6.10. The summed E-state index contributed by atoms with van der Waals surface area (Å²) < 4.78 is 19.4. The van der Waals surface area contributed by atoms with Crippen LogP contribution in [-0.2, 0) is 11.2 Å². The van der Waals surface area contributed by atoms with Crippen molar-refractivity contribution in [3.05, 3.63) is 83.8 Å². The maximum atomic E-state index is 14.0. The first kappa shape index (κ1) is 22.0. The van der Waals surface area contributed by atoms with Gasteiger partial charge in [0.25, 0.3) is 5.91 Å². The third kappa shape index (κ3) is 4.47. The predicted octanol–water partition coefficient (Wildman–Crippen LogP) is 5.70. The number of halogens is 1. The van der Waals surface area contributed by atoms with Crippen molar-refractivity contribution in [2.75, 3.05) is 41.8 Å². The molecule has 7 heteroatoms. The quantitative estimate of drug-likeness (QED) is 0.347. The zero-order valence-corrected chi connectivity index (χ0v) is 19.0. The number of nitrogens with one attached hydrogen (secondary N) is 3.